The maximum atomic E-state index is 12.4. The number of nitrogens with one attached hydrogen (secondary N) is 1. The van der Waals surface area contributed by atoms with Crippen molar-refractivity contribution in [1.29, 1.82) is 0 Å². The van der Waals surface area contributed by atoms with Crippen molar-refractivity contribution >= 4 is 16.8 Å². The highest BCUT2D eigenvalue weighted by atomic mass is 16.3. The van der Waals surface area contributed by atoms with Gasteiger partial charge < -0.3 is 10.0 Å². The Morgan fingerprint density at radius 3 is 3.28 bits per heavy atom. The molecule has 0 bridgehead atoms. The minimum atomic E-state index is -0.0300. The molecule has 1 aromatic carbocycles. The van der Waals surface area contributed by atoms with E-state index in [1.165, 1.54) is 0 Å². The molecule has 0 spiro atoms. The smallest absolute Gasteiger partial charge is 0.254 e. The van der Waals surface area contributed by atoms with E-state index >= 15 is 0 Å². The summed E-state index contributed by atoms with van der Waals surface area (Å²) in [5.41, 5.74) is 1.58. The molecule has 5 heteroatoms. The molecule has 1 atom stereocenters. The molecule has 0 saturated carbocycles. The van der Waals surface area contributed by atoms with E-state index in [9.17, 15) is 9.90 Å². The third kappa shape index (κ3) is 1.76. The first kappa shape index (κ1) is 11.2. The maximum absolute atomic E-state index is 12.4. The van der Waals surface area contributed by atoms with Gasteiger partial charge in [0.25, 0.3) is 5.91 Å². The van der Waals surface area contributed by atoms with Crippen molar-refractivity contribution in [3.8, 4) is 0 Å². The van der Waals surface area contributed by atoms with E-state index in [4.69, 9.17) is 0 Å². The summed E-state index contributed by atoms with van der Waals surface area (Å²) in [6.45, 7) is 0.771. The van der Waals surface area contributed by atoms with Crippen LogP contribution in [-0.2, 0) is 0 Å². The zero-order valence-electron chi connectivity index (χ0n) is 9.97. The van der Waals surface area contributed by atoms with Crippen LogP contribution in [0.2, 0.25) is 0 Å². The number of nitrogens with zero attached hydrogens (tertiary/aromatic N) is 2. The molecule has 1 fully saturated rings. The average Bonchev–Trinajstić information content (AvgIpc) is 3.05. The number of rotatable bonds is 2. The summed E-state index contributed by atoms with van der Waals surface area (Å²) in [4.78, 5) is 14.1. The van der Waals surface area contributed by atoms with Crippen molar-refractivity contribution in [2.45, 2.75) is 18.9 Å². The van der Waals surface area contributed by atoms with Gasteiger partial charge in [-0.3, -0.25) is 9.89 Å². The Kier molecular flexibility index (Phi) is 2.76. The van der Waals surface area contributed by atoms with Crippen molar-refractivity contribution in [3.63, 3.8) is 0 Å². The second-order valence-electron chi connectivity index (χ2n) is 4.65. The number of aromatic amines is 1. The Balaban J connectivity index is 1.91. The normalized spacial score (nSPS) is 19.6. The number of fused-ring (bicyclic) bond motifs is 1. The summed E-state index contributed by atoms with van der Waals surface area (Å²) in [6.07, 6.45) is 3.56. The van der Waals surface area contributed by atoms with Crippen LogP contribution < -0.4 is 0 Å². The number of aliphatic hydroxyl groups is 1. The molecule has 0 unspecified atom stereocenters. The number of hydrogen-bond acceptors (Lipinski definition) is 3. The van der Waals surface area contributed by atoms with Crippen molar-refractivity contribution in [2.24, 2.45) is 0 Å². The van der Waals surface area contributed by atoms with Crippen LogP contribution in [0, 0.1) is 0 Å². The predicted octanol–water partition coefficient (Wildman–Crippen LogP) is 1.16. The fourth-order valence-electron chi connectivity index (χ4n) is 2.53. The number of carbonyl (C=O) groups excluding carboxylic acids is 1. The van der Waals surface area contributed by atoms with Gasteiger partial charge in [-0.15, -0.1) is 0 Å². The molecule has 0 aliphatic carbocycles. The second-order valence-corrected chi connectivity index (χ2v) is 4.65. The van der Waals surface area contributed by atoms with Gasteiger partial charge in [-0.2, -0.15) is 5.10 Å². The zero-order valence-corrected chi connectivity index (χ0v) is 9.97. The van der Waals surface area contributed by atoms with Crippen molar-refractivity contribution < 1.29 is 9.90 Å². The topological polar surface area (TPSA) is 69.2 Å². The molecule has 2 N–H and O–H groups in total. The number of amides is 1. The summed E-state index contributed by atoms with van der Waals surface area (Å²) in [6, 6.07) is 5.47. The number of likely N-dealkylation sites (tertiary alicyclic amines) is 1. The molecule has 1 saturated heterocycles. The van der Waals surface area contributed by atoms with Crippen LogP contribution in [0.3, 0.4) is 0 Å². The molecule has 2 heterocycles. The van der Waals surface area contributed by atoms with Crippen LogP contribution in [0.25, 0.3) is 10.9 Å². The first-order chi connectivity index (χ1) is 8.79. The van der Waals surface area contributed by atoms with E-state index in [0.29, 0.717) is 5.56 Å². The minimum Gasteiger partial charge on any atom is -0.394 e. The van der Waals surface area contributed by atoms with Gasteiger partial charge in [-0.1, -0.05) is 0 Å². The molecule has 5 nitrogen and oxygen atoms in total. The van der Waals surface area contributed by atoms with Gasteiger partial charge in [0.2, 0.25) is 0 Å². The van der Waals surface area contributed by atoms with Crippen molar-refractivity contribution in [3.05, 3.63) is 30.0 Å². The van der Waals surface area contributed by atoms with Crippen LogP contribution in [0.15, 0.2) is 24.4 Å². The van der Waals surface area contributed by atoms with Gasteiger partial charge in [0.15, 0.2) is 0 Å². The monoisotopic (exact) mass is 245 g/mol. The van der Waals surface area contributed by atoms with Crippen molar-refractivity contribution in [1.82, 2.24) is 15.1 Å². The van der Waals surface area contributed by atoms with E-state index in [-0.39, 0.29) is 18.6 Å². The minimum absolute atomic E-state index is 0.00495. The fraction of sp³-hybridized carbons (Fsp3) is 0.385. The molecule has 18 heavy (non-hydrogen) atoms. The first-order valence-corrected chi connectivity index (χ1v) is 6.14. The Morgan fingerprint density at radius 1 is 1.56 bits per heavy atom. The van der Waals surface area contributed by atoms with Gasteiger partial charge in [-0.05, 0) is 31.0 Å². The van der Waals surface area contributed by atoms with Crippen LogP contribution in [0.4, 0.5) is 0 Å². The Morgan fingerprint density at radius 2 is 2.44 bits per heavy atom. The third-order valence-corrected chi connectivity index (χ3v) is 3.54. The summed E-state index contributed by atoms with van der Waals surface area (Å²) in [7, 11) is 0. The second kappa shape index (κ2) is 4.42. The van der Waals surface area contributed by atoms with Crippen LogP contribution in [0.1, 0.15) is 23.2 Å². The molecule has 94 valence electrons. The summed E-state index contributed by atoms with van der Waals surface area (Å²) < 4.78 is 0. The van der Waals surface area contributed by atoms with Gasteiger partial charge in [0.1, 0.15) is 0 Å². The number of H-pyrrole nitrogens is 1. The Bertz CT molecular complexity index is 578. The number of carbonyl (C=O) groups is 1. The van der Waals surface area contributed by atoms with Gasteiger partial charge >= 0.3 is 0 Å². The summed E-state index contributed by atoms with van der Waals surface area (Å²) >= 11 is 0. The third-order valence-electron chi connectivity index (χ3n) is 3.54. The molecule has 1 aliphatic rings. The maximum Gasteiger partial charge on any atom is 0.254 e. The quantitative estimate of drug-likeness (QED) is 0.834. The van der Waals surface area contributed by atoms with Crippen LogP contribution in [0.5, 0.6) is 0 Å². The lowest BCUT2D eigenvalue weighted by Crippen LogP contribution is -2.37. The lowest BCUT2D eigenvalue weighted by molar-refractivity contribution is 0.0678. The van der Waals surface area contributed by atoms with Gasteiger partial charge in [0.05, 0.1) is 24.4 Å². The standard InChI is InChI=1S/C13H15N3O2/c17-8-11-2-1-5-16(11)13(18)9-3-4-12-10(6-9)7-14-15-12/h3-4,6-7,11,17H,1-2,5,8H2,(H,14,15)/t11-/m1/s1. The highest BCUT2D eigenvalue weighted by Crippen LogP contribution is 2.21. The molecule has 1 amide bonds. The first-order valence-electron chi connectivity index (χ1n) is 6.14. The average molecular weight is 245 g/mol. The predicted molar refractivity (Wildman–Crippen MR) is 67.2 cm³/mol. The molecule has 1 aliphatic heterocycles. The lowest BCUT2D eigenvalue weighted by Gasteiger charge is -2.23. The van der Waals surface area contributed by atoms with Crippen molar-refractivity contribution in [2.75, 3.05) is 13.2 Å². The summed E-state index contributed by atoms with van der Waals surface area (Å²) in [5.74, 6) is -0.00495. The number of aliphatic hydroxyl groups excluding tert-OH is 1. The molecule has 0 radical (unpaired) electrons. The zero-order chi connectivity index (χ0) is 12.5. The van der Waals surface area contributed by atoms with E-state index in [2.05, 4.69) is 10.2 Å². The van der Waals surface area contributed by atoms with Crippen LogP contribution in [-0.4, -0.2) is 45.3 Å². The van der Waals surface area contributed by atoms with E-state index in [1.807, 2.05) is 12.1 Å². The number of benzene rings is 1. The molecular weight excluding hydrogens is 230 g/mol. The van der Waals surface area contributed by atoms with Gasteiger partial charge in [-0.25, -0.2) is 0 Å². The van der Waals surface area contributed by atoms with E-state index < -0.39 is 0 Å². The Labute approximate surface area is 104 Å². The summed E-state index contributed by atoms with van der Waals surface area (Å²) in [5, 5.41) is 17.0. The van der Waals surface area contributed by atoms with E-state index in [0.717, 1.165) is 30.3 Å². The molecule has 3 rings (SSSR count). The van der Waals surface area contributed by atoms with Crippen LogP contribution >= 0.6 is 0 Å². The van der Waals surface area contributed by atoms with Gasteiger partial charge in [0, 0.05) is 17.5 Å². The SMILES string of the molecule is O=C(c1ccc2[nH]ncc2c1)N1CCC[C@@H]1CO. The van der Waals surface area contributed by atoms with E-state index in [1.54, 1.807) is 17.2 Å². The fourth-order valence-corrected chi connectivity index (χ4v) is 2.53. The molecule has 1 aromatic heterocycles. The molecular formula is C13H15N3O2. The number of aromatic nitrogens is 2. The highest BCUT2D eigenvalue weighted by Gasteiger charge is 2.28. The highest BCUT2D eigenvalue weighted by molar-refractivity contribution is 5.98. The lowest BCUT2D eigenvalue weighted by atomic mass is 10.1. The Hall–Kier alpha value is -1.88. The largest absolute Gasteiger partial charge is 0.394 e. The molecule has 2 aromatic rings. The number of hydrogen-bond donors (Lipinski definition) is 2.